The van der Waals surface area contributed by atoms with E-state index in [9.17, 15) is 9.59 Å². The molecule has 1 aliphatic rings. The van der Waals surface area contributed by atoms with E-state index >= 15 is 0 Å². The third kappa shape index (κ3) is 3.16. The Morgan fingerprint density at radius 2 is 2.00 bits per heavy atom. The van der Waals surface area contributed by atoms with Crippen LogP contribution in [-0.2, 0) is 9.59 Å². The molecule has 2 heterocycles. The number of nitrogens with one attached hydrogen (secondary N) is 1. The van der Waals surface area contributed by atoms with Gasteiger partial charge in [0.25, 0.3) is 5.91 Å². The second-order valence-corrected chi connectivity index (χ2v) is 5.60. The van der Waals surface area contributed by atoms with Crippen LogP contribution in [0.25, 0.3) is 17.7 Å². The Morgan fingerprint density at radius 1 is 1.28 bits per heavy atom. The number of H-pyrrole nitrogens is 1. The van der Waals surface area contributed by atoms with E-state index in [0.29, 0.717) is 29.3 Å². The first-order valence-corrected chi connectivity index (χ1v) is 7.63. The van der Waals surface area contributed by atoms with Crippen molar-refractivity contribution in [1.29, 1.82) is 0 Å². The first-order valence-electron chi connectivity index (χ1n) is 7.63. The molecule has 1 aromatic carbocycles. The van der Waals surface area contributed by atoms with Crippen molar-refractivity contribution in [3.8, 4) is 5.75 Å². The minimum absolute atomic E-state index is 0.183. The molecule has 25 heavy (non-hydrogen) atoms. The summed E-state index contributed by atoms with van der Waals surface area (Å²) >= 11 is 0. The summed E-state index contributed by atoms with van der Waals surface area (Å²) in [5, 5.41) is 0. The minimum Gasteiger partial charge on any atom is -0.497 e. The lowest BCUT2D eigenvalue weighted by Gasteiger charge is -2.12. The molecule has 0 bridgehead atoms. The number of imidazole rings is 1. The second kappa shape index (κ2) is 6.64. The maximum atomic E-state index is 12.7. The van der Waals surface area contributed by atoms with Gasteiger partial charge >= 0.3 is 0 Å². The van der Waals surface area contributed by atoms with Gasteiger partial charge < -0.3 is 14.6 Å². The molecule has 0 saturated carbocycles. The maximum absolute atomic E-state index is 12.7. The standard InChI is InChI=1S/C18H18N4O3/c1-21-9-8-15-16(20-18(19-15)22(2)11-23)14(17(21)24)10-12-4-6-13(25-3)7-5-12/h4-11H,1-3H3,(H,19,20)/b14-10+. The molecule has 0 fully saturated rings. The molecule has 2 amide bonds. The van der Waals surface area contributed by atoms with Gasteiger partial charge in [-0.15, -0.1) is 0 Å². The summed E-state index contributed by atoms with van der Waals surface area (Å²) in [5.74, 6) is 0.934. The number of hydrogen-bond acceptors (Lipinski definition) is 4. The number of fused-ring (bicyclic) bond motifs is 1. The number of hydrogen-bond donors (Lipinski definition) is 1. The van der Waals surface area contributed by atoms with Crippen molar-refractivity contribution >= 4 is 36.0 Å². The third-order valence-corrected chi connectivity index (χ3v) is 3.91. The normalized spacial score (nSPS) is 15.1. The smallest absolute Gasteiger partial charge is 0.259 e. The van der Waals surface area contributed by atoms with Gasteiger partial charge in [-0.2, -0.15) is 0 Å². The molecule has 1 aliphatic heterocycles. The molecule has 1 N–H and O–H groups in total. The Balaban J connectivity index is 2.10. The number of methoxy groups -OCH3 is 1. The van der Waals surface area contributed by atoms with Gasteiger partial charge in [-0.25, -0.2) is 4.98 Å². The van der Waals surface area contributed by atoms with Crippen LogP contribution in [-0.4, -0.2) is 48.4 Å². The fraction of sp³-hybridized carbons (Fsp3) is 0.167. The van der Waals surface area contributed by atoms with Gasteiger partial charge in [0.1, 0.15) is 11.4 Å². The SMILES string of the molecule is COc1ccc(/C=C2/C(=O)N(C)C=Cc3[nH]c(N(C)C=O)nc32)cc1. The summed E-state index contributed by atoms with van der Waals surface area (Å²) in [6, 6.07) is 7.38. The number of aromatic nitrogens is 2. The minimum atomic E-state index is -0.183. The zero-order valence-corrected chi connectivity index (χ0v) is 14.2. The van der Waals surface area contributed by atoms with Crippen LogP contribution in [0.5, 0.6) is 5.75 Å². The Kier molecular flexibility index (Phi) is 4.38. The first-order chi connectivity index (χ1) is 12.0. The van der Waals surface area contributed by atoms with Crippen LogP contribution < -0.4 is 9.64 Å². The Bertz CT molecular complexity index is 865. The third-order valence-electron chi connectivity index (χ3n) is 3.91. The first kappa shape index (κ1) is 16.5. The predicted molar refractivity (Wildman–Crippen MR) is 95.7 cm³/mol. The highest BCUT2D eigenvalue weighted by Crippen LogP contribution is 2.28. The van der Waals surface area contributed by atoms with Crippen LogP contribution in [0.1, 0.15) is 17.0 Å². The Hall–Kier alpha value is -3.35. The summed E-state index contributed by atoms with van der Waals surface area (Å²) in [5.41, 5.74) is 2.46. The zero-order chi connectivity index (χ0) is 18.0. The van der Waals surface area contributed by atoms with Gasteiger partial charge in [0.15, 0.2) is 0 Å². The molecule has 0 atom stereocenters. The monoisotopic (exact) mass is 338 g/mol. The second-order valence-electron chi connectivity index (χ2n) is 5.60. The summed E-state index contributed by atoms with van der Waals surface area (Å²) in [6.45, 7) is 0. The lowest BCUT2D eigenvalue weighted by atomic mass is 10.1. The van der Waals surface area contributed by atoms with Crippen LogP contribution in [0.4, 0.5) is 5.95 Å². The van der Waals surface area contributed by atoms with Crippen molar-refractivity contribution in [2.75, 3.05) is 26.1 Å². The quantitative estimate of drug-likeness (QED) is 0.683. The number of nitrogens with zero attached hydrogens (tertiary/aromatic N) is 3. The predicted octanol–water partition coefficient (Wildman–Crippen LogP) is 1.99. The van der Waals surface area contributed by atoms with Crippen LogP contribution in [0, 0.1) is 0 Å². The van der Waals surface area contributed by atoms with Gasteiger partial charge in [-0.3, -0.25) is 14.5 Å². The molecular formula is C18H18N4O3. The Labute approximate surface area is 145 Å². The lowest BCUT2D eigenvalue weighted by Crippen LogP contribution is -2.21. The van der Waals surface area contributed by atoms with E-state index in [1.54, 1.807) is 39.6 Å². The number of amides is 2. The highest BCUT2D eigenvalue weighted by Gasteiger charge is 2.25. The molecular weight excluding hydrogens is 320 g/mol. The van der Waals surface area contributed by atoms with Crippen LogP contribution in [0.2, 0.25) is 0 Å². The zero-order valence-electron chi connectivity index (χ0n) is 14.2. The average Bonchev–Trinajstić information content (AvgIpc) is 3.03. The molecule has 0 spiro atoms. The number of ether oxygens (including phenoxy) is 1. The fourth-order valence-electron chi connectivity index (χ4n) is 2.46. The molecule has 0 saturated heterocycles. The van der Waals surface area contributed by atoms with Gasteiger partial charge in [0.05, 0.1) is 18.4 Å². The van der Waals surface area contributed by atoms with E-state index in [2.05, 4.69) is 9.97 Å². The molecule has 0 unspecified atom stereocenters. The van der Waals surface area contributed by atoms with Crippen molar-refractivity contribution in [3.63, 3.8) is 0 Å². The average molecular weight is 338 g/mol. The lowest BCUT2D eigenvalue weighted by molar-refractivity contribution is -0.121. The number of aromatic amines is 1. The topological polar surface area (TPSA) is 78.5 Å². The summed E-state index contributed by atoms with van der Waals surface area (Å²) in [7, 11) is 4.88. The van der Waals surface area contributed by atoms with Gasteiger partial charge in [0, 0.05) is 20.3 Å². The van der Waals surface area contributed by atoms with Crippen LogP contribution in [0.15, 0.2) is 30.5 Å². The van der Waals surface area contributed by atoms with E-state index in [-0.39, 0.29) is 5.91 Å². The number of benzene rings is 1. The van der Waals surface area contributed by atoms with Crippen molar-refractivity contribution < 1.29 is 14.3 Å². The van der Waals surface area contributed by atoms with Crippen molar-refractivity contribution in [2.24, 2.45) is 0 Å². The highest BCUT2D eigenvalue weighted by atomic mass is 16.5. The molecule has 2 aromatic rings. The van der Waals surface area contributed by atoms with E-state index in [4.69, 9.17) is 4.74 Å². The van der Waals surface area contributed by atoms with Crippen LogP contribution >= 0.6 is 0 Å². The van der Waals surface area contributed by atoms with Gasteiger partial charge in [-0.1, -0.05) is 12.1 Å². The molecule has 7 nitrogen and oxygen atoms in total. The van der Waals surface area contributed by atoms with E-state index in [1.807, 2.05) is 24.3 Å². The van der Waals surface area contributed by atoms with Crippen molar-refractivity contribution in [3.05, 3.63) is 47.4 Å². The largest absolute Gasteiger partial charge is 0.497 e. The molecule has 1 aromatic heterocycles. The van der Waals surface area contributed by atoms with E-state index < -0.39 is 0 Å². The molecule has 128 valence electrons. The van der Waals surface area contributed by atoms with E-state index in [1.165, 1.54) is 9.80 Å². The van der Waals surface area contributed by atoms with Crippen molar-refractivity contribution in [1.82, 2.24) is 14.9 Å². The van der Waals surface area contributed by atoms with Crippen molar-refractivity contribution in [2.45, 2.75) is 0 Å². The molecule has 0 radical (unpaired) electrons. The molecule has 0 aliphatic carbocycles. The molecule has 7 heteroatoms. The fourth-order valence-corrected chi connectivity index (χ4v) is 2.46. The number of likely N-dealkylation sites (N-methyl/N-ethyl adjacent to an activating group) is 1. The van der Waals surface area contributed by atoms with E-state index in [0.717, 1.165) is 11.3 Å². The summed E-state index contributed by atoms with van der Waals surface area (Å²) in [4.78, 5) is 34.0. The van der Waals surface area contributed by atoms with Gasteiger partial charge in [-0.05, 0) is 29.8 Å². The summed E-state index contributed by atoms with van der Waals surface area (Å²) < 4.78 is 5.15. The number of anilines is 1. The van der Waals surface area contributed by atoms with Gasteiger partial charge in [0.2, 0.25) is 12.4 Å². The van der Waals surface area contributed by atoms with Crippen LogP contribution in [0.3, 0.4) is 0 Å². The number of carbonyl (C=O) groups is 2. The Morgan fingerprint density at radius 3 is 2.64 bits per heavy atom. The molecule has 3 rings (SSSR count). The summed E-state index contributed by atoms with van der Waals surface area (Å²) in [6.07, 6.45) is 5.86. The number of rotatable bonds is 4. The highest BCUT2D eigenvalue weighted by molar-refractivity contribution is 6.25. The number of carbonyl (C=O) groups excluding carboxylic acids is 2. The maximum Gasteiger partial charge on any atom is 0.259 e.